The van der Waals surface area contributed by atoms with Crippen LogP contribution >= 0.6 is 0 Å². The molecule has 2 aromatic heterocycles. The molecule has 2 heterocycles. The normalized spacial score (nSPS) is 14.0. The number of ether oxygens (including phenoxy) is 3. The molecule has 1 aliphatic rings. The van der Waals surface area contributed by atoms with Crippen LogP contribution in [0, 0.1) is 12.8 Å². The lowest BCUT2D eigenvalue weighted by atomic mass is 10.1. The van der Waals surface area contributed by atoms with Gasteiger partial charge in [-0.3, -0.25) is 4.79 Å². The maximum absolute atomic E-state index is 11.1. The smallest absolute Gasteiger partial charge is 0.305 e. The third kappa shape index (κ3) is 6.00. The molecule has 32 heavy (non-hydrogen) atoms. The number of hydrogen-bond donors (Lipinski definition) is 1. The van der Waals surface area contributed by atoms with Crippen molar-refractivity contribution in [3.05, 3.63) is 48.3 Å². The maximum Gasteiger partial charge on any atom is 0.305 e. The van der Waals surface area contributed by atoms with E-state index >= 15 is 0 Å². The monoisotopic (exact) mass is 437 g/mol. The first-order valence-electron chi connectivity index (χ1n) is 10.7. The first kappa shape index (κ1) is 21.7. The van der Waals surface area contributed by atoms with Gasteiger partial charge < -0.3 is 23.9 Å². The minimum absolute atomic E-state index is 0.110. The number of aryl methyl sites for hydroxylation is 1. The topological polar surface area (TPSA) is 95.7 Å². The van der Waals surface area contributed by atoms with Crippen molar-refractivity contribution in [2.24, 2.45) is 5.92 Å². The highest BCUT2D eigenvalue weighted by molar-refractivity contribution is 5.73. The largest absolute Gasteiger partial charge is 0.493 e. The van der Waals surface area contributed by atoms with E-state index in [4.69, 9.17) is 18.6 Å². The number of carbonyl (C=O) groups is 1. The van der Waals surface area contributed by atoms with Crippen LogP contribution in [0.25, 0.3) is 11.5 Å². The van der Waals surface area contributed by atoms with Gasteiger partial charge in [-0.15, -0.1) is 0 Å². The van der Waals surface area contributed by atoms with E-state index in [2.05, 4.69) is 15.3 Å². The van der Waals surface area contributed by atoms with Gasteiger partial charge in [0, 0.05) is 25.3 Å². The minimum Gasteiger partial charge on any atom is -0.493 e. The van der Waals surface area contributed by atoms with Gasteiger partial charge in [-0.25, -0.2) is 9.97 Å². The van der Waals surface area contributed by atoms with Gasteiger partial charge in [0.05, 0.1) is 18.2 Å². The first-order chi connectivity index (χ1) is 15.5. The molecule has 1 saturated carbocycles. The van der Waals surface area contributed by atoms with E-state index in [0.717, 1.165) is 23.5 Å². The fourth-order valence-corrected chi connectivity index (χ4v) is 3.10. The Hall–Kier alpha value is -3.55. The molecule has 8 nitrogen and oxygen atoms in total. The van der Waals surface area contributed by atoms with E-state index < -0.39 is 0 Å². The summed E-state index contributed by atoms with van der Waals surface area (Å²) in [5, 5.41) is 2.75. The molecule has 4 rings (SSSR count). The molecule has 0 unspecified atom stereocenters. The summed E-state index contributed by atoms with van der Waals surface area (Å²) in [6, 6.07) is 9.26. The van der Waals surface area contributed by atoms with Crippen molar-refractivity contribution in [2.45, 2.75) is 39.7 Å². The average molecular weight is 437 g/mol. The third-order valence-electron chi connectivity index (χ3n) is 4.94. The van der Waals surface area contributed by atoms with Crippen LogP contribution in [0.4, 0.5) is 0 Å². The fraction of sp³-hybridized carbons (Fsp3) is 0.375. The highest BCUT2D eigenvalue weighted by Gasteiger charge is 2.22. The number of pyridine rings is 1. The van der Waals surface area contributed by atoms with E-state index in [1.54, 1.807) is 6.20 Å². The van der Waals surface area contributed by atoms with Crippen molar-refractivity contribution in [1.29, 1.82) is 0 Å². The van der Waals surface area contributed by atoms with Crippen molar-refractivity contribution in [1.82, 2.24) is 15.3 Å². The Morgan fingerprint density at radius 3 is 2.75 bits per heavy atom. The summed E-state index contributed by atoms with van der Waals surface area (Å²) >= 11 is 0. The number of rotatable bonds is 10. The molecule has 1 N–H and O–H groups in total. The second-order valence-corrected chi connectivity index (χ2v) is 8.07. The van der Waals surface area contributed by atoms with E-state index in [1.165, 1.54) is 26.0 Å². The second-order valence-electron chi connectivity index (χ2n) is 8.07. The summed E-state index contributed by atoms with van der Waals surface area (Å²) < 4.78 is 23.0. The SMILES string of the molecule is CC(=O)N[C@@H](C)COc1cnc(-c2cnc(Oc3cccc(OCC4CC4)c3)cc2C)o1. The molecule has 0 radical (unpaired) electrons. The Balaban J connectivity index is 1.37. The van der Waals surface area contributed by atoms with Gasteiger partial charge in [0.25, 0.3) is 0 Å². The standard InChI is InChI=1S/C24H27N3O5/c1-15-9-22(31-20-6-4-5-19(10-20)29-14-18-7-8-18)25-11-21(15)24-26-12-23(32-24)30-13-16(2)27-17(3)28/h4-6,9-12,16,18H,7-8,13-14H2,1-3H3,(H,27,28)/t16-/m0/s1. The zero-order valence-electron chi connectivity index (χ0n) is 18.5. The Bertz CT molecular complexity index is 1080. The van der Waals surface area contributed by atoms with E-state index in [0.29, 0.717) is 23.4 Å². The molecule has 1 aromatic carbocycles. The lowest BCUT2D eigenvalue weighted by Crippen LogP contribution is -2.35. The first-order valence-corrected chi connectivity index (χ1v) is 10.7. The van der Waals surface area contributed by atoms with Gasteiger partial charge >= 0.3 is 5.95 Å². The summed E-state index contributed by atoms with van der Waals surface area (Å²) in [6.45, 7) is 6.28. The van der Waals surface area contributed by atoms with E-state index in [9.17, 15) is 4.79 Å². The number of aromatic nitrogens is 2. The molecule has 0 spiro atoms. The summed E-state index contributed by atoms with van der Waals surface area (Å²) in [7, 11) is 0. The van der Waals surface area contributed by atoms with Gasteiger partial charge in [0.2, 0.25) is 17.7 Å². The lowest BCUT2D eigenvalue weighted by molar-refractivity contribution is -0.119. The van der Waals surface area contributed by atoms with Crippen LogP contribution in [0.15, 0.2) is 47.1 Å². The van der Waals surface area contributed by atoms with Gasteiger partial charge in [-0.05, 0) is 50.3 Å². The van der Waals surface area contributed by atoms with E-state index in [-0.39, 0.29) is 24.5 Å². The van der Waals surface area contributed by atoms with Gasteiger partial charge in [0.15, 0.2) is 0 Å². The highest BCUT2D eigenvalue weighted by atomic mass is 16.6. The molecule has 0 aliphatic heterocycles. The molecule has 1 fully saturated rings. The number of nitrogens with zero attached hydrogens (tertiary/aromatic N) is 2. The number of carbonyl (C=O) groups excluding carboxylic acids is 1. The number of nitrogens with one attached hydrogen (secondary N) is 1. The zero-order chi connectivity index (χ0) is 22.5. The van der Waals surface area contributed by atoms with Crippen LogP contribution in [0.5, 0.6) is 23.3 Å². The van der Waals surface area contributed by atoms with Crippen molar-refractivity contribution < 1.29 is 23.4 Å². The number of amides is 1. The summed E-state index contributed by atoms with van der Waals surface area (Å²) in [6.07, 6.45) is 5.67. The van der Waals surface area contributed by atoms with Gasteiger partial charge in [-0.1, -0.05) is 6.07 Å². The van der Waals surface area contributed by atoms with Crippen LogP contribution in [0.3, 0.4) is 0 Å². The molecule has 1 atom stereocenters. The predicted molar refractivity (Wildman–Crippen MR) is 118 cm³/mol. The minimum atomic E-state index is -0.140. The van der Waals surface area contributed by atoms with Crippen molar-refractivity contribution in [3.8, 4) is 34.8 Å². The Kier molecular flexibility index (Phi) is 6.58. The van der Waals surface area contributed by atoms with Crippen LogP contribution in [0.2, 0.25) is 0 Å². The molecular formula is C24H27N3O5. The average Bonchev–Trinajstić information content (AvgIpc) is 3.47. The van der Waals surface area contributed by atoms with Crippen molar-refractivity contribution >= 4 is 5.91 Å². The Morgan fingerprint density at radius 1 is 1.19 bits per heavy atom. The molecule has 3 aromatic rings. The van der Waals surface area contributed by atoms with Crippen LogP contribution in [-0.2, 0) is 4.79 Å². The molecule has 1 aliphatic carbocycles. The quantitative estimate of drug-likeness (QED) is 0.498. The van der Waals surface area contributed by atoms with E-state index in [1.807, 2.05) is 44.2 Å². The molecule has 1 amide bonds. The van der Waals surface area contributed by atoms with Gasteiger partial charge in [0.1, 0.15) is 24.3 Å². The number of benzene rings is 1. The second kappa shape index (κ2) is 9.72. The molecule has 168 valence electrons. The third-order valence-corrected chi connectivity index (χ3v) is 4.94. The van der Waals surface area contributed by atoms with Crippen LogP contribution in [-0.4, -0.2) is 35.1 Å². The molecule has 0 saturated heterocycles. The molecule has 0 bridgehead atoms. The number of oxazole rings is 1. The van der Waals surface area contributed by atoms with Crippen molar-refractivity contribution in [2.75, 3.05) is 13.2 Å². The van der Waals surface area contributed by atoms with Crippen LogP contribution in [0.1, 0.15) is 32.3 Å². The zero-order valence-corrected chi connectivity index (χ0v) is 18.5. The predicted octanol–water partition coefficient (Wildman–Crippen LogP) is 4.53. The summed E-state index contributed by atoms with van der Waals surface area (Å²) in [5.74, 6) is 3.19. The molecular weight excluding hydrogens is 410 g/mol. The number of hydrogen-bond acceptors (Lipinski definition) is 7. The summed E-state index contributed by atoms with van der Waals surface area (Å²) in [5.41, 5.74) is 1.64. The lowest BCUT2D eigenvalue weighted by Gasteiger charge is -2.11. The highest BCUT2D eigenvalue weighted by Crippen LogP contribution is 2.32. The fourth-order valence-electron chi connectivity index (χ4n) is 3.10. The maximum atomic E-state index is 11.1. The Morgan fingerprint density at radius 2 is 2.00 bits per heavy atom. The Labute approximate surface area is 186 Å². The molecule has 8 heteroatoms. The van der Waals surface area contributed by atoms with Crippen molar-refractivity contribution in [3.63, 3.8) is 0 Å². The summed E-state index contributed by atoms with van der Waals surface area (Å²) in [4.78, 5) is 19.7. The van der Waals surface area contributed by atoms with Crippen LogP contribution < -0.4 is 19.5 Å². The van der Waals surface area contributed by atoms with Gasteiger partial charge in [-0.2, -0.15) is 0 Å².